The first-order valence-electron chi connectivity index (χ1n) is 17.9. The van der Waals surface area contributed by atoms with Gasteiger partial charge in [0.05, 0.1) is 11.1 Å². The molecule has 1 spiro atoms. The van der Waals surface area contributed by atoms with E-state index in [1.54, 1.807) is 5.57 Å². The highest BCUT2D eigenvalue weighted by molar-refractivity contribution is 7.25. The maximum absolute atomic E-state index is 2.51. The first kappa shape index (κ1) is 28.8. The fraction of sp³-hybridized carbons (Fsp3) is 0.0612. The Labute approximate surface area is 302 Å². The molecule has 0 saturated heterocycles. The van der Waals surface area contributed by atoms with Crippen LogP contribution in [-0.4, -0.2) is 0 Å². The van der Waals surface area contributed by atoms with Crippen molar-refractivity contribution in [2.24, 2.45) is 0 Å². The summed E-state index contributed by atoms with van der Waals surface area (Å²) in [6.07, 6.45) is 6.88. The minimum atomic E-state index is -0.311. The molecule has 51 heavy (non-hydrogen) atoms. The van der Waals surface area contributed by atoms with Crippen molar-refractivity contribution in [2.45, 2.75) is 18.3 Å². The largest absolute Gasteiger partial charge is 0.310 e. The van der Waals surface area contributed by atoms with E-state index in [-0.39, 0.29) is 5.41 Å². The molecule has 2 heteroatoms. The monoisotopic (exact) mass is 667 g/mol. The van der Waals surface area contributed by atoms with Crippen LogP contribution < -0.4 is 4.90 Å². The minimum absolute atomic E-state index is 0.311. The smallest absolute Gasteiger partial charge is 0.0689 e. The standard InChI is InChI=1S/C49H33NS/c1-2-13-32(14-3-1)33-25-27-34(28-26-33)50(35-29-30-47-40(31-35)38-17-7-11-24-46(38)51-47)45-23-12-22-44-48(45)39-18-6-10-21-43(39)49(44)41-19-8-4-15-36(41)37-16-5-9-20-42(37)49/h1-8,10-19,21-31H,9,20H2. The van der Waals surface area contributed by atoms with Crippen molar-refractivity contribution in [3.05, 3.63) is 204 Å². The summed E-state index contributed by atoms with van der Waals surface area (Å²) in [6, 6.07) is 61.1. The number of fused-ring (bicyclic) bond motifs is 12. The van der Waals surface area contributed by atoms with Crippen LogP contribution in [0.2, 0.25) is 0 Å². The highest BCUT2D eigenvalue weighted by atomic mass is 32.1. The van der Waals surface area contributed by atoms with E-state index in [1.807, 2.05) is 11.3 Å². The summed E-state index contributed by atoms with van der Waals surface area (Å²) in [7, 11) is 0. The van der Waals surface area contributed by atoms with Crippen LogP contribution in [0.15, 0.2) is 182 Å². The van der Waals surface area contributed by atoms with Gasteiger partial charge in [0.2, 0.25) is 0 Å². The zero-order valence-electron chi connectivity index (χ0n) is 28.0. The Morgan fingerprint density at radius 3 is 2.04 bits per heavy atom. The van der Waals surface area contributed by atoms with E-state index < -0.39 is 0 Å². The van der Waals surface area contributed by atoms with Gasteiger partial charge in [-0.1, -0.05) is 133 Å². The van der Waals surface area contributed by atoms with Gasteiger partial charge in [-0.15, -0.1) is 11.3 Å². The lowest BCUT2D eigenvalue weighted by atomic mass is 9.68. The van der Waals surface area contributed by atoms with Crippen molar-refractivity contribution in [1.82, 2.24) is 0 Å². The summed E-state index contributed by atoms with van der Waals surface area (Å²) in [6.45, 7) is 0. The van der Waals surface area contributed by atoms with Crippen molar-refractivity contribution in [3.63, 3.8) is 0 Å². The summed E-state index contributed by atoms with van der Waals surface area (Å²) < 4.78 is 2.64. The molecule has 0 radical (unpaired) electrons. The minimum Gasteiger partial charge on any atom is -0.310 e. The Kier molecular flexibility index (Phi) is 6.23. The molecular weight excluding hydrogens is 635 g/mol. The lowest BCUT2D eigenvalue weighted by molar-refractivity contribution is 0.714. The van der Waals surface area contributed by atoms with E-state index >= 15 is 0 Å². The van der Waals surface area contributed by atoms with Gasteiger partial charge >= 0.3 is 0 Å². The molecule has 1 atom stereocenters. The molecule has 7 aromatic carbocycles. The number of nitrogens with zero attached hydrogens (tertiary/aromatic N) is 1. The second-order valence-corrected chi connectivity index (χ2v) is 15.0. The molecule has 1 unspecified atom stereocenters. The van der Waals surface area contributed by atoms with E-state index in [4.69, 9.17) is 0 Å². The van der Waals surface area contributed by atoms with E-state index in [2.05, 4.69) is 181 Å². The Balaban J connectivity index is 1.19. The average Bonchev–Trinajstić information content (AvgIpc) is 3.83. The molecule has 1 nitrogen and oxygen atoms in total. The molecule has 0 bridgehead atoms. The van der Waals surface area contributed by atoms with Gasteiger partial charge in [-0.2, -0.15) is 0 Å². The van der Waals surface area contributed by atoms with Crippen molar-refractivity contribution in [2.75, 3.05) is 4.90 Å². The van der Waals surface area contributed by atoms with Crippen LogP contribution in [0, 0.1) is 0 Å². The quantitative estimate of drug-likeness (QED) is 0.181. The third-order valence-electron chi connectivity index (χ3n) is 11.4. The molecule has 3 aliphatic carbocycles. The second-order valence-electron chi connectivity index (χ2n) is 13.9. The summed E-state index contributed by atoms with van der Waals surface area (Å²) >= 11 is 1.87. The first-order chi connectivity index (χ1) is 25.3. The fourth-order valence-electron chi connectivity index (χ4n) is 9.34. The molecule has 1 heterocycles. The number of anilines is 3. The molecule has 0 fully saturated rings. The van der Waals surface area contributed by atoms with Crippen molar-refractivity contribution in [3.8, 4) is 22.3 Å². The number of benzene rings is 7. The lowest BCUT2D eigenvalue weighted by Crippen LogP contribution is -2.27. The maximum Gasteiger partial charge on any atom is 0.0689 e. The van der Waals surface area contributed by atoms with Gasteiger partial charge in [0, 0.05) is 37.1 Å². The van der Waals surface area contributed by atoms with Crippen LogP contribution in [0.4, 0.5) is 17.1 Å². The highest BCUT2D eigenvalue weighted by Crippen LogP contribution is 2.65. The summed E-state index contributed by atoms with van der Waals surface area (Å²) in [5.74, 6) is 0. The SMILES string of the molecule is C1=CC2=C(CC1)C1(c3ccccc32)c2ccccc2-c2c(N(c3ccc(-c4ccccc4)cc3)c3ccc4sc5ccccc5c4c3)cccc21. The van der Waals surface area contributed by atoms with Gasteiger partial charge in [0.1, 0.15) is 0 Å². The molecule has 1 aromatic heterocycles. The molecule has 3 aliphatic rings. The van der Waals surface area contributed by atoms with Gasteiger partial charge in [-0.3, -0.25) is 0 Å². The Hall–Kier alpha value is -5.96. The molecule has 240 valence electrons. The van der Waals surface area contributed by atoms with Crippen LogP contribution in [0.3, 0.4) is 0 Å². The van der Waals surface area contributed by atoms with Crippen LogP contribution in [0.25, 0.3) is 48.0 Å². The fourth-order valence-corrected chi connectivity index (χ4v) is 10.4. The molecule has 0 saturated carbocycles. The molecule has 0 aliphatic heterocycles. The van der Waals surface area contributed by atoms with E-state index in [0.717, 1.165) is 24.2 Å². The number of hydrogen-bond donors (Lipinski definition) is 0. The summed E-state index contributed by atoms with van der Waals surface area (Å²) in [4.78, 5) is 2.51. The Morgan fingerprint density at radius 1 is 0.510 bits per heavy atom. The predicted octanol–water partition coefficient (Wildman–Crippen LogP) is 13.6. The number of hydrogen-bond acceptors (Lipinski definition) is 2. The lowest BCUT2D eigenvalue weighted by Gasteiger charge is -2.34. The van der Waals surface area contributed by atoms with Crippen LogP contribution in [0.5, 0.6) is 0 Å². The molecule has 0 N–H and O–H groups in total. The molecule has 8 aromatic rings. The van der Waals surface area contributed by atoms with Crippen LogP contribution >= 0.6 is 11.3 Å². The average molecular weight is 668 g/mol. The number of thiophene rings is 1. The maximum atomic E-state index is 2.51. The van der Waals surface area contributed by atoms with E-state index in [0.29, 0.717) is 0 Å². The highest BCUT2D eigenvalue weighted by Gasteiger charge is 2.53. The molecule has 0 amide bonds. The second kappa shape index (κ2) is 11.0. The Bertz CT molecular complexity index is 2750. The predicted molar refractivity (Wildman–Crippen MR) is 217 cm³/mol. The van der Waals surface area contributed by atoms with Gasteiger partial charge < -0.3 is 4.90 Å². The zero-order valence-corrected chi connectivity index (χ0v) is 28.8. The topological polar surface area (TPSA) is 3.24 Å². The molecule has 11 rings (SSSR count). The molecular formula is C49H33NS. The Morgan fingerprint density at radius 2 is 1.18 bits per heavy atom. The first-order valence-corrected chi connectivity index (χ1v) is 18.7. The number of allylic oxidation sites excluding steroid dienone is 4. The summed E-state index contributed by atoms with van der Waals surface area (Å²) in [5.41, 5.74) is 16.8. The van der Waals surface area contributed by atoms with Crippen molar-refractivity contribution >= 4 is 54.1 Å². The van der Waals surface area contributed by atoms with Gasteiger partial charge in [-0.05, 0) is 105 Å². The normalized spacial score (nSPS) is 16.8. The third kappa shape index (κ3) is 4.03. The van der Waals surface area contributed by atoms with E-state index in [1.165, 1.54) is 75.9 Å². The van der Waals surface area contributed by atoms with Gasteiger partial charge in [0.15, 0.2) is 0 Å². The van der Waals surface area contributed by atoms with Gasteiger partial charge in [0.25, 0.3) is 0 Å². The van der Waals surface area contributed by atoms with Gasteiger partial charge in [-0.25, -0.2) is 0 Å². The number of rotatable bonds is 4. The third-order valence-corrected chi connectivity index (χ3v) is 12.5. The van der Waals surface area contributed by atoms with Crippen LogP contribution in [-0.2, 0) is 5.41 Å². The van der Waals surface area contributed by atoms with Crippen LogP contribution in [0.1, 0.15) is 35.1 Å². The van der Waals surface area contributed by atoms with E-state index in [9.17, 15) is 0 Å². The summed E-state index contributed by atoms with van der Waals surface area (Å²) in [5, 5.41) is 2.62. The van der Waals surface area contributed by atoms with Crippen molar-refractivity contribution in [1.29, 1.82) is 0 Å². The van der Waals surface area contributed by atoms with Crippen molar-refractivity contribution < 1.29 is 0 Å². The zero-order chi connectivity index (χ0) is 33.5.